The molecule has 2 unspecified atom stereocenters. The number of ether oxygens (including phenoxy) is 2. The Morgan fingerprint density at radius 2 is 1.43 bits per heavy atom. The van der Waals surface area contributed by atoms with Gasteiger partial charge in [0.15, 0.2) is 11.9 Å². The molecule has 0 saturated heterocycles. The Labute approximate surface area is 340 Å². The second-order valence-electron chi connectivity index (χ2n) is 15.4. The van der Waals surface area contributed by atoms with E-state index in [2.05, 4.69) is 27.5 Å². The first-order chi connectivity index (χ1) is 27.9. The zero-order chi connectivity index (χ0) is 41.7. The summed E-state index contributed by atoms with van der Waals surface area (Å²) in [5.74, 6) is -1.14. The smallest absolute Gasteiger partial charge is 0.329 e. The number of carboxylic acids is 1. The van der Waals surface area contributed by atoms with E-state index in [9.17, 15) is 24.6 Å². The first-order valence-corrected chi connectivity index (χ1v) is 19.8. The van der Waals surface area contributed by atoms with Crippen molar-refractivity contribution in [1.82, 2.24) is 20.6 Å². The third kappa shape index (κ3) is 11.7. The molecule has 11 nitrogen and oxygen atoms in total. The predicted octanol–water partition coefficient (Wildman–Crippen LogP) is 8.11. The Balaban J connectivity index is 1.31. The van der Waals surface area contributed by atoms with Crippen LogP contribution in [0.25, 0.3) is 22.5 Å². The molecule has 304 valence electrons. The van der Waals surface area contributed by atoms with Gasteiger partial charge in [-0.3, -0.25) is 9.59 Å². The van der Waals surface area contributed by atoms with Gasteiger partial charge in [-0.1, -0.05) is 126 Å². The fourth-order valence-corrected chi connectivity index (χ4v) is 6.45. The number of aliphatic hydroxyl groups is 1. The Kier molecular flexibility index (Phi) is 15.1. The Hall–Kier alpha value is -6.07. The third-order valence-corrected chi connectivity index (χ3v) is 9.96. The van der Waals surface area contributed by atoms with Gasteiger partial charge in [-0.2, -0.15) is 0 Å². The molecule has 0 radical (unpaired) electrons. The van der Waals surface area contributed by atoms with Crippen LogP contribution in [0.15, 0.2) is 109 Å². The maximum absolute atomic E-state index is 13.9. The molecular formula is C47H54N4O7. The number of unbranched alkanes of at least 4 members (excludes halogenated alkanes) is 4. The molecule has 4 N–H and O–H groups in total. The van der Waals surface area contributed by atoms with Crippen LogP contribution >= 0.6 is 0 Å². The number of carboxylic acid groups (broad SMARTS) is 1. The highest BCUT2D eigenvalue weighted by Gasteiger charge is 2.33. The number of carbonyl (C=O) groups excluding carboxylic acids is 2. The number of hydrogen-bond acceptors (Lipinski definition) is 8. The number of hydrogen-bond donors (Lipinski definition) is 4. The van der Waals surface area contributed by atoms with Gasteiger partial charge in [-0.15, -0.1) is 0 Å². The summed E-state index contributed by atoms with van der Waals surface area (Å²) in [4.78, 5) is 49.2. The molecule has 1 heterocycles. The molecule has 11 heteroatoms. The van der Waals surface area contributed by atoms with Crippen LogP contribution in [-0.2, 0) is 21.4 Å². The van der Waals surface area contributed by atoms with E-state index in [1.165, 1.54) is 32.8 Å². The average Bonchev–Trinajstić information content (AvgIpc) is 3.23. The van der Waals surface area contributed by atoms with Crippen molar-refractivity contribution in [1.29, 1.82) is 0 Å². The first kappa shape index (κ1) is 43.1. The number of carbonyl (C=O) groups is 3. The van der Waals surface area contributed by atoms with E-state index in [1.54, 1.807) is 67.0 Å². The normalized spacial score (nSPS) is 12.9. The zero-order valence-electron chi connectivity index (χ0n) is 33.9. The number of benzene rings is 4. The highest BCUT2D eigenvalue weighted by Crippen LogP contribution is 2.29. The van der Waals surface area contributed by atoms with Crippen LogP contribution in [0.4, 0.5) is 0 Å². The monoisotopic (exact) mass is 786 g/mol. The van der Waals surface area contributed by atoms with Gasteiger partial charge >= 0.3 is 5.97 Å². The number of amides is 2. The Morgan fingerprint density at radius 3 is 2.05 bits per heavy atom. The van der Waals surface area contributed by atoms with E-state index in [0.717, 1.165) is 34.4 Å². The largest absolute Gasteiger partial charge is 0.496 e. The summed E-state index contributed by atoms with van der Waals surface area (Å²) in [6, 6.07) is 25.7. The fourth-order valence-electron chi connectivity index (χ4n) is 6.45. The number of aliphatic carboxylic acids is 1. The molecule has 0 fully saturated rings. The number of nitrogens with one attached hydrogen (secondary N) is 2. The minimum Gasteiger partial charge on any atom is -0.496 e. The van der Waals surface area contributed by atoms with Crippen molar-refractivity contribution >= 4 is 17.8 Å². The number of nitrogens with zero attached hydrogens (tertiary/aromatic N) is 2. The van der Waals surface area contributed by atoms with Gasteiger partial charge in [0.25, 0.3) is 5.91 Å². The van der Waals surface area contributed by atoms with Crippen LogP contribution < -0.4 is 20.1 Å². The second kappa shape index (κ2) is 20.4. The molecular weight excluding hydrogens is 733 g/mol. The van der Waals surface area contributed by atoms with Crippen LogP contribution in [0.3, 0.4) is 0 Å². The standard InChI is InChI=1S/C47H54N4O7/c1-6-7-8-9-13-26-58-37-23-20-32(21-24-37)35-29-48-43(49-30-35)34-18-16-31(17-19-34)27-39(45(54)51-41(46(55)56)42(52)33-14-11-10-12-15-33)50-44(53)38-25-22-36(47(2,3)4)28-40(38)57-5/h10-12,14-25,28-30,39,41-42,52H,6-9,13,26-27H2,1-5H3,(H,50,53)(H,51,54)(H,55,56)/t39-,41?,42?/m0/s1. The van der Waals surface area contributed by atoms with E-state index in [1.807, 2.05) is 63.2 Å². The highest BCUT2D eigenvalue weighted by molar-refractivity contribution is 6.00. The van der Waals surface area contributed by atoms with Crippen molar-refractivity contribution in [2.45, 2.75) is 89.8 Å². The average molecular weight is 787 g/mol. The van der Waals surface area contributed by atoms with E-state index < -0.39 is 36.0 Å². The third-order valence-electron chi connectivity index (χ3n) is 9.96. The van der Waals surface area contributed by atoms with Gasteiger partial charge in [0.2, 0.25) is 5.91 Å². The van der Waals surface area contributed by atoms with Crippen molar-refractivity contribution in [2.24, 2.45) is 0 Å². The minimum absolute atomic E-state index is 0.00633. The van der Waals surface area contributed by atoms with E-state index in [0.29, 0.717) is 29.3 Å². The van der Waals surface area contributed by atoms with Crippen molar-refractivity contribution in [3.05, 3.63) is 132 Å². The fraction of sp³-hybridized carbons (Fsp3) is 0.340. The minimum atomic E-state index is -1.69. The molecule has 0 spiro atoms. The molecule has 0 bridgehead atoms. The molecule has 0 aliphatic carbocycles. The van der Waals surface area contributed by atoms with Gasteiger partial charge in [0.05, 0.1) is 19.3 Å². The van der Waals surface area contributed by atoms with Crippen LogP contribution in [0.2, 0.25) is 0 Å². The zero-order valence-corrected chi connectivity index (χ0v) is 33.9. The molecule has 0 aliphatic heterocycles. The summed E-state index contributed by atoms with van der Waals surface area (Å²) in [6.07, 6.45) is 7.92. The first-order valence-electron chi connectivity index (χ1n) is 19.8. The molecule has 0 aliphatic rings. The van der Waals surface area contributed by atoms with Crippen LogP contribution in [0, 0.1) is 0 Å². The summed E-state index contributed by atoms with van der Waals surface area (Å²) >= 11 is 0. The van der Waals surface area contributed by atoms with E-state index >= 15 is 0 Å². The highest BCUT2D eigenvalue weighted by atomic mass is 16.5. The molecule has 4 aromatic carbocycles. The second-order valence-corrected chi connectivity index (χ2v) is 15.4. The van der Waals surface area contributed by atoms with E-state index in [-0.39, 0.29) is 17.4 Å². The van der Waals surface area contributed by atoms with Crippen molar-refractivity contribution in [3.63, 3.8) is 0 Å². The molecule has 2 amide bonds. The quantitative estimate of drug-likeness (QED) is 0.0607. The number of methoxy groups -OCH3 is 1. The maximum Gasteiger partial charge on any atom is 0.329 e. The van der Waals surface area contributed by atoms with Crippen LogP contribution in [-0.4, -0.2) is 63.8 Å². The van der Waals surface area contributed by atoms with Crippen LogP contribution in [0.5, 0.6) is 11.5 Å². The van der Waals surface area contributed by atoms with Gasteiger partial charge in [-0.05, 0) is 58.4 Å². The number of aromatic nitrogens is 2. The lowest BCUT2D eigenvalue weighted by molar-refractivity contribution is -0.145. The predicted molar refractivity (Wildman–Crippen MR) is 225 cm³/mol. The maximum atomic E-state index is 13.9. The molecule has 5 rings (SSSR count). The Morgan fingerprint density at radius 1 is 0.776 bits per heavy atom. The van der Waals surface area contributed by atoms with E-state index in [4.69, 9.17) is 9.47 Å². The van der Waals surface area contributed by atoms with Gasteiger partial charge in [0.1, 0.15) is 23.6 Å². The summed E-state index contributed by atoms with van der Waals surface area (Å²) < 4.78 is 11.5. The Bertz CT molecular complexity index is 2100. The van der Waals surface area contributed by atoms with Crippen LogP contribution in [0.1, 0.15) is 93.0 Å². The lowest BCUT2D eigenvalue weighted by Crippen LogP contribution is -2.54. The van der Waals surface area contributed by atoms with Gasteiger partial charge in [0, 0.05) is 29.9 Å². The molecule has 3 atom stereocenters. The lowest BCUT2D eigenvalue weighted by atomic mass is 9.86. The van der Waals surface area contributed by atoms with Crippen molar-refractivity contribution < 1.29 is 34.1 Å². The van der Waals surface area contributed by atoms with Gasteiger partial charge in [-0.25, -0.2) is 14.8 Å². The number of aliphatic hydroxyl groups excluding tert-OH is 1. The molecule has 0 saturated carbocycles. The topological polar surface area (TPSA) is 160 Å². The summed E-state index contributed by atoms with van der Waals surface area (Å²) in [7, 11) is 1.47. The molecule has 1 aromatic heterocycles. The number of rotatable bonds is 19. The SMILES string of the molecule is CCCCCCCOc1ccc(-c2cnc(-c3ccc(C[C@H](NC(=O)c4ccc(C(C)(C)C)cc4OC)C(=O)NC(C(=O)O)C(O)c4ccccc4)cc3)nc2)cc1. The summed E-state index contributed by atoms with van der Waals surface area (Å²) in [5.41, 5.74) is 4.52. The summed E-state index contributed by atoms with van der Waals surface area (Å²) in [5, 5.41) is 26.3. The van der Waals surface area contributed by atoms with Crippen molar-refractivity contribution in [2.75, 3.05) is 13.7 Å². The molecule has 58 heavy (non-hydrogen) atoms. The summed E-state index contributed by atoms with van der Waals surface area (Å²) in [6.45, 7) is 9.04. The lowest BCUT2D eigenvalue weighted by Gasteiger charge is -2.25. The molecule has 5 aromatic rings. The van der Waals surface area contributed by atoms with Gasteiger partial charge < -0.3 is 30.3 Å². The van der Waals surface area contributed by atoms with Crippen molar-refractivity contribution in [3.8, 4) is 34.0 Å².